The lowest BCUT2D eigenvalue weighted by atomic mass is 9.77. The van der Waals surface area contributed by atoms with Crippen molar-refractivity contribution in [3.05, 3.63) is 0 Å². The maximum absolute atomic E-state index is 12.3. The molecule has 0 heterocycles. The number of nitrogens with two attached hydrogens (primary N) is 2. The third kappa shape index (κ3) is 4.94. The summed E-state index contributed by atoms with van der Waals surface area (Å²) in [5.41, 5.74) is 9.49. The van der Waals surface area contributed by atoms with Gasteiger partial charge in [-0.05, 0) is 12.8 Å². The smallest absolute Gasteiger partial charge is 0.404 e. The first-order chi connectivity index (χ1) is 9.44. The van der Waals surface area contributed by atoms with Crippen LogP contribution in [0.1, 0.15) is 39.5 Å². The van der Waals surface area contributed by atoms with Crippen molar-refractivity contribution in [2.24, 2.45) is 22.0 Å². The highest BCUT2D eigenvalue weighted by Crippen LogP contribution is 2.30. The Labute approximate surface area is 118 Å². The summed E-state index contributed by atoms with van der Waals surface area (Å²) in [4.78, 5) is 22.8. The van der Waals surface area contributed by atoms with Crippen LogP contribution in [0.15, 0.2) is 5.16 Å². The second-order valence-corrected chi connectivity index (χ2v) is 4.49. The molecule has 0 unspecified atom stereocenters. The molecule has 20 heavy (non-hydrogen) atoms. The summed E-state index contributed by atoms with van der Waals surface area (Å²) in [5, 5.41) is 14.5. The SMILES string of the molecule is CCCC(CCC)(C(=O)NCCOC(N)=O)C(N)=NO. The van der Waals surface area contributed by atoms with E-state index >= 15 is 0 Å². The van der Waals surface area contributed by atoms with Gasteiger partial charge in [0.1, 0.15) is 12.0 Å². The van der Waals surface area contributed by atoms with Gasteiger partial charge in [0.25, 0.3) is 0 Å². The van der Waals surface area contributed by atoms with E-state index in [9.17, 15) is 9.59 Å². The Morgan fingerprint density at radius 2 is 1.80 bits per heavy atom. The second kappa shape index (κ2) is 9.00. The molecule has 0 aliphatic rings. The molecule has 0 bridgehead atoms. The molecular weight excluding hydrogens is 264 g/mol. The van der Waals surface area contributed by atoms with Crippen molar-refractivity contribution in [1.29, 1.82) is 0 Å². The van der Waals surface area contributed by atoms with Crippen LogP contribution < -0.4 is 16.8 Å². The third-order valence-corrected chi connectivity index (χ3v) is 3.02. The van der Waals surface area contributed by atoms with Crippen LogP contribution in [-0.4, -0.2) is 36.2 Å². The number of amidine groups is 1. The molecule has 0 rings (SSSR count). The predicted molar refractivity (Wildman–Crippen MR) is 74.2 cm³/mol. The zero-order valence-electron chi connectivity index (χ0n) is 12.0. The second-order valence-electron chi connectivity index (χ2n) is 4.49. The van der Waals surface area contributed by atoms with E-state index < -0.39 is 11.5 Å². The number of hydrogen-bond donors (Lipinski definition) is 4. The average molecular weight is 288 g/mol. The maximum Gasteiger partial charge on any atom is 0.404 e. The summed E-state index contributed by atoms with van der Waals surface area (Å²) in [6, 6.07) is 0. The standard InChI is InChI=1S/C12H24N4O4/c1-3-5-12(6-4-2,9(13)16-19)10(17)15-7-8-20-11(14)18/h19H,3-8H2,1-2H3,(H2,13,16)(H2,14,18)(H,15,17). The monoisotopic (exact) mass is 288 g/mol. The molecule has 0 radical (unpaired) electrons. The Hall–Kier alpha value is -1.99. The zero-order valence-corrected chi connectivity index (χ0v) is 12.0. The van der Waals surface area contributed by atoms with Gasteiger partial charge >= 0.3 is 6.09 Å². The van der Waals surface area contributed by atoms with Gasteiger partial charge in [0.15, 0.2) is 5.84 Å². The molecule has 0 aliphatic carbocycles. The third-order valence-electron chi connectivity index (χ3n) is 3.02. The Bertz CT molecular complexity index is 351. The van der Waals surface area contributed by atoms with Crippen molar-refractivity contribution in [3.8, 4) is 0 Å². The van der Waals surface area contributed by atoms with Crippen molar-refractivity contribution >= 4 is 17.8 Å². The number of rotatable bonds is 9. The van der Waals surface area contributed by atoms with Gasteiger partial charge in [0.05, 0.1) is 6.54 Å². The first-order valence-electron chi connectivity index (χ1n) is 6.63. The minimum absolute atomic E-state index is 0.0222. The lowest BCUT2D eigenvalue weighted by molar-refractivity contribution is -0.128. The van der Waals surface area contributed by atoms with Crippen molar-refractivity contribution < 1.29 is 19.5 Å². The fourth-order valence-corrected chi connectivity index (χ4v) is 2.16. The summed E-state index contributed by atoms with van der Waals surface area (Å²) in [6.07, 6.45) is 1.46. The van der Waals surface area contributed by atoms with Crippen LogP contribution in [0.4, 0.5) is 4.79 Å². The summed E-state index contributed by atoms with van der Waals surface area (Å²) in [7, 11) is 0. The van der Waals surface area contributed by atoms with Gasteiger partial charge in [-0.25, -0.2) is 4.79 Å². The zero-order chi connectivity index (χ0) is 15.6. The lowest BCUT2D eigenvalue weighted by Gasteiger charge is -2.30. The predicted octanol–water partition coefficient (Wildman–Crippen LogP) is 0.531. The molecule has 0 fully saturated rings. The van der Waals surface area contributed by atoms with E-state index in [2.05, 4.69) is 15.2 Å². The quantitative estimate of drug-likeness (QED) is 0.161. The number of amides is 2. The molecule has 0 aromatic carbocycles. The highest BCUT2D eigenvalue weighted by molar-refractivity contribution is 6.06. The molecule has 8 nitrogen and oxygen atoms in total. The van der Waals surface area contributed by atoms with Crippen LogP contribution in [0.2, 0.25) is 0 Å². The number of primary amides is 1. The molecule has 0 saturated carbocycles. The molecule has 6 N–H and O–H groups in total. The van der Waals surface area contributed by atoms with Crippen LogP contribution in [0.5, 0.6) is 0 Å². The van der Waals surface area contributed by atoms with Gasteiger partial charge in [0.2, 0.25) is 5.91 Å². The Balaban J connectivity index is 4.82. The largest absolute Gasteiger partial charge is 0.448 e. The van der Waals surface area contributed by atoms with E-state index in [1.807, 2.05) is 13.8 Å². The van der Waals surface area contributed by atoms with Gasteiger partial charge in [-0.3, -0.25) is 4.79 Å². The highest BCUT2D eigenvalue weighted by atomic mass is 16.5. The molecule has 0 atom stereocenters. The lowest BCUT2D eigenvalue weighted by Crippen LogP contribution is -2.50. The van der Waals surface area contributed by atoms with Crippen molar-refractivity contribution in [2.75, 3.05) is 13.2 Å². The van der Waals surface area contributed by atoms with Crippen molar-refractivity contribution in [3.63, 3.8) is 0 Å². The molecular formula is C12H24N4O4. The van der Waals surface area contributed by atoms with Crippen LogP contribution in [0.25, 0.3) is 0 Å². The molecule has 0 aliphatic heterocycles. The van der Waals surface area contributed by atoms with Crippen LogP contribution in [0, 0.1) is 5.41 Å². The number of hydrogen-bond acceptors (Lipinski definition) is 5. The molecule has 116 valence electrons. The van der Waals surface area contributed by atoms with Crippen molar-refractivity contribution in [1.82, 2.24) is 5.32 Å². The Morgan fingerprint density at radius 1 is 1.25 bits per heavy atom. The van der Waals surface area contributed by atoms with Gasteiger partial charge in [-0.1, -0.05) is 31.8 Å². The van der Waals surface area contributed by atoms with E-state index in [0.29, 0.717) is 25.7 Å². The summed E-state index contributed by atoms with van der Waals surface area (Å²) >= 11 is 0. The van der Waals surface area contributed by atoms with Gasteiger partial charge in [-0.2, -0.15) is 0 Å². The minimum atomic E-state index is -1.04. The number of nitrogens with one attached hydrogen (secondary N) is 1. The van der Waals surface area contributed by atoms with E-state index in [0.717, 1.165) is 0 Å². The average Bonchev–Trinajstić information content (AvgIpc) is 2.41. The first kappa shape index (κ1) is 18.0. The summed E-state index contributed by atoms with van der Waals surface area (Å²) < 4.78 is 4.52. The topological polar surface area (TPSA) is 140 Å². The van der Waals surface area contributed by atoms with E-state index in [4.69, 9.17) is 16.7 Å². The number of carbonyl (C=O) groups excluding carboxylic acids is 2. The number of oxime groups is 1. The molecule has 2 amide bonds. The number of nitrogens with zero attached hydrogens (tertiary/aromatic N) is 1. The van der Waals surface area contributed by atoms with Gasteiger partial charge in [-0.15, -0.1) is 0 Å². The van der Waals surface area contributed by atoms with E-state index in [1.165, 1.54) is 0 Å². The Kier molecular flexibility index (Phi) is 8.10. The molecule has 0 aromatic heterocycles. The molecule has 0 spiro atoms. The van der Waals surface area contributed by atoms with Crippen LogP contribution in [0.3, 0.4) is 0 Å². The maximum atomic E-state index is 12.3. The van der Waals surface area contributed by atoms with E-state index in [1.54, 1.807) is 0 Å². The van der Waals surface area contributed by atoms with E-state index in [-0.39, 0.29) is 24.9 Å². The summed E-state index contributed by atoms with van der Waals surface area (Å²) in [6.45, 7) is 3.93. The van der Waals surface area contributed by atoms with Crippen LogP contribution >= 0.6 is 0 Å². The number of carbonyl (C=O) groups is 2. The van der Waals surface area contributed by atoms with Gasteiger partial charge < -0.3 is 26.7 Å². The van der Waals surface area contributed by atoms with Crippen LogP contribution in [-0.2, 0) is 9.53 Å². The first-order valence-corrected chi connectivity index (χ1v) is 6.63. The molecule has 0 aromatic rings. The Morgan fingerprint density at radius 3 is 2.20 bits per heavy atom. The molecule has 0 saturated heterocycles. The highest BCUT2D eigenvalue weighted by Gasteiger charge is 2.41. The summed E-state index contributed by atoms with van der Waals surface area (Å²) in [5.74, 6) is -0.445. The minimum Gasteiger partial charge on any atom is -0.448 e. The normalized spacial score (nSPS) is 12.0. The fourth-order valence-electron chi connectivity index (χ4n) is 2.16. The fraction of sp³-hybridized carbons (Fsp3) is 0.750. The molecule has 8 heteroatoms. The van der Waals surface area contributed by atoms with Gasteiger partial charge in [0, 0.05) is 0 Å². The van der Waals surface area contributed by atoms with Crippen molar-refractivity contribution in [2.45, 2.75) is 39.5 Å². The number of ether oxygens (including phenoxy) is 1.